The first-order chi connectivity index (χ1) is 7.05. The van der Waals surface area contributed by atoms with E-state index >= 15 is 0 Å². The van der Waals surface area contributed by atoms with Crippen LogP contribution in [0, 0.1) is 0 Å². The van der Waals surface area contributed by atoms with Crippen LogP contribution in [-0.4, -0.2) is 42.6 Å². The molecule has 0 bridgehead atoms. The molecule has 1 aliphatic rings. The highest BCUT2D eigenvalue weighted by Crippen LogP contribution is 2.36. The molecule has 0 radical (unpaired) electrons. The number of nitrogens with zero attached hydrogens (tertiary/aromatic N) is 1. The molecule has 1 heterocycles. The number of hydrogen-bond acceptors (Lipinski definition) is 2. The Hall–Kier alpha value is -0.640. The molecule has 2 nitrogen and oxygen atoms in total. The van der Waals surface area contributed by atoms with Gasteiger partial charge in [-0.25, -0.2) is 4.90 Å². The molecular formula is C6H6F8N2. The van der Waals surface area contributed by atoms with Crippen molar-refractivity contribution in [2.75, 3.05) is 6.54 Å². The summed E-state index contributed by atoms with van der Waals surface area (Å²) < 4.78 is 97.2. The lowest BCUT2D eigenvalue weighted by molar-refractivity contribution is -0.247. The number of rotatable bonds is 1. The molecule has 16 heavy (non-hydrogen) atoms. The zero-order chi connectivity index (χ0) is 12.7. The van der Waals surface area contributed by atoms with E-state index in [2.05, 4.69) is 0 Å². The molecule has 0 amide bonds. The fourth-order valence-electron chi connectivity index (χ4n) is 1.43. The maximum absolute atomic E-state index is 12.2. The number of nitrogens with one attached hydrogen (secondary N) is 1. The van der Waals surface area contributed by atoms with Crippen molar-refractivity contribution in [1.82, 2.24) is 10.2 Å². The van der Waals surface area contributed by atoms with Crippen molar-refractivity contribution in [3.63, 3.8) is 0 Å². The maximum atomic E-state index is 12.2. The van der Waals surface area contributed by atoms with Crippen LogP contribution in [0.4, 0.5) is 35.1 Å². The van der Waals surface area contributed by atoms with Crippen LogP contribution in [0.3, 0.4) is 0 Å². The van der Waals surface area contributed by atoms with Gasteiger partial charge in [-0.15, -0.1) is 0 Å². The van der Waals surface area contributed by atoms with Crippen molar-refractivity contribution in [3.05, 3.63) is 0 Å². The van der Waals surface area contributed by atoms with Crippen LogP contribution < -0.4 is 5.32 Å². The monoisotopic (exact) mass is 258 g/mol. The first-order valence-electron chi connectivity index (χ1n) is 3.97. The van der Waals surface area contributed by atoms with Crippen molar-refractivity contribution >= 4 is 0 Å². The second kappa shape index (κ2) is 3.99. The first-order valence-corrected chi connectivity index (χ1v) is 3.97. The summed E-state index contributed by atoms with van der Waals surface area (Å²) in [4.78, 5) is -0.917. The number of alkyl halides is 8. The Morgan fingerprint density at radius 2 is 1.50 bits per heavy atom. The zero-order valence-corrected chi connectivity index (χ0v) is 7.41. The number of hydrogen-bond donors (Lipinski definition) is 1. The highest BCUT2D eigenvalue weighted by atomic mass is 19.4. The minimum atomic E-state index is -5.18. The summed E-state index contributed by atoms with van der Waals surface area (Å²) in [5.74, 6) is 0. The van der Waals surface area contributed by atoms with E-state index in [1.54, 1.807) is 0 Å². The molecule has 1 rings (SSSR count). The molecule has 2 unspecified atom stereocenters. The van der Waals surface area contributed by atoms with Gasteiger partial charge in [0.15, 0.2) is 6.17 Å². The van der Waals surface area contributed by atoms with E-state index in [1.807, 2.05) is 0 Å². The quantitative estimate of drug-likeness (QED) is 0.571. The van der Waals surface area contributed by atoms with E-state index in [9.17, 15) is 35.1 Å². The lowest BCUT2D eigenvalue weighted by Crippen LogP contribution is -2.54. The standard InChI is InChI=1S/C6H6F8N2/c7-4(8)16-2(5(9,10)11)1-15-3(16)6(12,13)14/h2-4,15H,1H2. The molecule has 96 valence electrons. The largest absolute Gasteiger partial charge is 0.417 e. The third-order valence-electron chi connectivity index (χ3n) is 2.08. The van der Waals surface area contributed by atoms with Crippen molar-refractivity contribution < 1.29 is 35.1 Å². The minimum Gasteiger partial charge on any atom is -0.292 e. The van der Waals surface area contributed by atoms with Gasteiger partial charge in [0.05, 0.1) is 0 Å². The van der Waals surface area contributed by atoms with Crippen molar-refractivity contribution in [3.8, 4) is 0 Å². The number of halogens is 8. The first kappa shape index (κ1) is 13.4. The second-order valence-electron chi connectivity index (χ2n) is 3.13. The van der Waals surface area contributed by atoms with Crippen LogP contribution in [0.2, 0.25) is 0 Å². The molecule has 10 heteroatoms. The zero-order valence-electron chi connectivity index (χ0n) is 7.41. The molecule has 0 spiro atoms. The SMILES string of the molecule is FC(F)N1C(C(F)(F)F)CNC1C(F)(F)F. The van der Waals surface area contributed by atoms with E-state index in [0.29, 0.717) is 0 Å². The Labute approximate surface area is 84.2 Å². The van der Waals surface area contributed by atoms with Gasteiger partial charge in [0.25, 0.3) is 6.55 Å². The van der Waals surface area contributed by atoms with Crippen LogP contribution >= 0.6 is 0 Å². The average molecular weight is 258 g/mol. The van der Waals surface area contributed by atoms with E-state index in [0.717, 1.165) is 0 Å². The molecule has 0 aromatic rings. The minimum absolute atomic E-state index is 0.917. The molecule has 0 aliphatic carbocycles. The van der Waals surface area contributed by atoms with Gasteiger partial charge < -0.3 is 0 Å². The Bertz CT molecular complexity index is 224. The third kappa shape index (κ3) is 2.54. The van der Waals surface area contributed by atoms with E-state index in [1.165, 1.54) is 5.32 Å². The van der Waals surface area contributed by atoms with Gasteiger partial charge in [0, 0.05) is 6.54 Å². The van der Waals surface area contributed by atoms with E-state index in [4.69, 9.17) is 0 Å². The lowest BCUT2D eigenvalue weighted by atomic mass is 10.3. The Morgan fingerprint density at radius 1 is 1.00 bits per heavy atom. The van der Waals surface area contributed by atoms with Crippen molar-refractivity contribution in [1.29, 1.82) is 0 Å². The van der Waals surface area contributed by atoms with E-state index < -0.39 is 42.6 Å². The summed E-state index contributed by atoms with van der Waals surface area (Å²) in [7, 11) is 0. The predicted molar refractivity (Wildman–Crippen MR) is 35.5 cm³/mol. The molecule has 0 saturated carbocycles. The molecule has 1 saturated heterocycles. The molecule has 0 aromatic carbocycles. The van der Waals surface area contributed by atoms with Crippen LogP contribution in [0.5, 0.6) is 0 Å². The van der Waals surface area contributed by atoms with Gasteiger partial charge in [-0.2, -0.15) is 35.1 Å². The summed E-state index contributed by atoms with van der Waals surface area (Å²) in [6, 6.07) is -2.83. The molecule has 2 atom stereocenters. The van der Waals surface area contributed by atoms with E-state index in [-0.39, 0.29) is 0 Å². The normalized spacial score (nSPS) is 29.1. The Morgan fingerprint density at radius 3 is 1.81 bits per heavy atom. The lowest BCUT2D eigenvalue weighted by Gasteiger charge is -2.30. The summed E-state index contributed by atoms with van der Waals surface area (Å²) >= 11 is 0. The highest BCUT2D eigenvalue weighted by molar-refractivity contribution is 4.94. The fourth-order valence-corrected chi connectivity index (χ4v) is 1.43. The highest BCUT2D eigenvalue weighted by Gasteiger charge is 2.59. The maximum Gasteiger partial charge on any atom is 0.417 e. The van der Waals surface area contributed by atoms with Crippen molar-refractivity contribution in [2.45, 2.75) is 31.1 Å². The smallest absolute Gasteiger partial charge is 0.292 e. The van der Waals surface area contributed by atoms with Crippen molar-refractivity contribution in [2.24, 2.45) is 0 Å². The van der Waals surface area contributed by atoms with Crippen LogP contribution in [-0.2, 0) is 0 Å². The van der Waals surface area contributed by atoms with Gasteiger partial charge in [0.1, 0.15) is 6.04 Å². The Kier molecular flexibility index (Phi) is 3.34. The van der Waals surface area contributed by atoms with Crippen LogP contribution in [0.15, 0.2) is 0 Å². The van der Waals surface area contributed by atoms with Crippen LogP contribution in [0.1, 0.15) is 0 Å². The molecule has 1 aliphatic heterocycles. The summed E-state index contributed by atoms with van der Waals surface area (Å²) in [6.45, 7) is -5.05. The fraction of sp³-hybridized carbons (Fsp3) is 1.00. The molecular weight excluding hydrogens is 252 g/mol. The summed E-state index contributed by atoms with van der Waals surface area (Å²) in [5.41, 5.74) is 0. The predicted octanol–water partition coefficient (Wildman–Crippen LogP) is 1.93. The van der Waals surface area contributed by atoms with Gasteiger partial charge in [0.2, 0.25) is 0 Å². The second-order valence-corrected chi connectivity index (χ2v) is 3.13. The average Bonchev–Trinajstić information content (AvgIpc) is 2.43. The summed E-state index contributed by atoms with van der Waals surface area (Å²) in [6.07, 6.45) is -13.3. The van der Waals surface area contributed by atoms with Gasteiger partial charge in [-0.1, -0.05) is 0 Å². The topological polar surface area (TPSA) is 15.3 Å². The van der Waals surface area contributed by atoms with Gasteiger partial charge >= 0.3 is 12.4 Å². The van der Waals surface area contributed by atoms with Crippen LogP contribution in [0.25, 0.3) is 0 Å². The Balaban J connectivity index is 2.94. The van der Waals surface area contributed by atoms with Gasteiger partial charge in [-0.05, 0) is 0 Å². The molecule has 1 fully saturated rings. The third-order valence-corrected chi connectivity index (χ3v) is 2.08. The van der Waals surface area contributed by atoms with Gasteiger partial charge in [-0.3, -0.25) is 5.32 Å². The molecule has 1 N–H and O–H groups in total. The summed E-state index contributed by atoms with van der Waals surface area (Å²) in [5, 5.41) is 1.39. The molecule has 0 aromatic heterocycles.